The molecule has 1 nitrogen and oxygen atoms in total. The molecule has 1 aromatic carbocycles. The molecule has 0 unspecified atom stereocenters. The number of hydrogen-bond acceptors (Lipinski definition) is 1. The van der Waals surface area contributed by atoms with E-state index in [4.69, 9.17) is 0 Å². The number of carbonyl (C=O) groups is 1. The van der Waals surface area contributed by atoms with Gasteiger partial charge in [-0.25, -0.2) is 4.39 Å². The van der Waals surface area contributed by atoms with Gasteiger partial charge in [-0.3, -0.25) is 0 Å². The molecule has 0 spiro atoms. The predicted octanol–water partition coefficient (Wildman–Crippen LogP) is -0.127. The predicted molar refractivity (Wildman–Crippen MR) is 47.4 cm³/mol. The van der Waals surface area contributed by atoms with Crippen molar-refractivity contribution in [2.45, 2.75) is 13.8 Å². The van der Waals surface area contributed by atoms with Crippen LogP contribution in [-0.4, -0.2) is 5.78 Å². The maximum absolute atomic E-state index is 12.2. The number of halogens is 1. The Labute approximate surface area is 121 Å². The van der Waals surface area contributed by atoms with E-state index in [0.29, 0.717) is 5.56 Å². The van der Waals surface area contributed by atoms with Gasteiger partial charge in [-0.2, -0.15) is 6.92 Å². The second kappa shape index (κ2) is 8.90. The molecule has 66 valence electrons. The van der Waals surface area contributed by atoms with Gasteiger partial charge in [0, 0.05) is 5.78 Å². The Hall–Kier alpha value is 0.326. The van der Waals surface area contributed by atoms with E-state index in [0.717, 1.165) is 0 Å². The minimum absolute atomic E-state index is 0. The zero-order valence-electron chi connectivity index (χ0n) is 8.30. The van der Waals surface area contributed by atoms with Gasteiger partial charge in [-0.1, -0.05) is 13.8 Å². The van der Waals surface area contributed by atoms with E-state index in [9.17, 15) is 9.18 Å². The SMILES string of the molecule is CC.[CH2-]C(=O)c1ccc(F)cc1.[K+]. The quantitative estimate of drug-likeness (QED) is 0.355. The summed E-state index contributed by atoms with van der Waals surface area (Å²) in [4.78, 5) is 10.5. The van der Waals surface area contributed by atoms with Crippen molar-refractivity contribution in [3.63, 3.8) is 0 Å². The van der Waals surface area contributed by atoms with Crippen LogP contribution in [0, 0.1) is 12.7 Å². The van der Waals surface area contributed by atoms with Crippen LogP contribution in [0.2, 0.25) is 0 Å². The summed E-state index contributed by atoms with van der Waals surface area (Å²) in [6.45, 7) is 7.18. The summed E-state index contributed by atoms with van der Waals surface area (Å²) < 4.78 is 12.2. The number of rotatable bonds is 1. The topological polar surface area (TPSA) is 17.1 Å². The molecule has 0 saturated heterocycles. The second-order valence-electron chi connectivity index (χ2n) is 1.93. The van der Waals surface area contributed by atoms with Crippen molar-refractivity contribution in [1.82, 2.24) is 0 Å². The average molecular weight is 206 g/mol. The van der Waals surface area contributed by atoms with Gasteiger partial charge in [0.15, 0.2) is 0 Å². The van der Waals surface area contributed by atoms with Crippen LogP contribution in [0.15, 0.2) is 24.3 Å². The molecule has 3 heteroatoms. The summed E-state index contributed by atoms with van der Waals surface area (Å²) in [7, 11) is 0. The molecule has 0 atom stereocenters. The largest absolute Gasteiger partial charge is 1.00 e. The summed E-state index contributed by atoms with van der Waals surface area (Å²) in [5.74, 6) is -0.634. The molecular weight excluding hydrogens is 194 g/mol. The van der Waals surface area contributed by atoms with Gasteiger partial charge >= 0.3 is 51.4 Å². The molecule has 0 heterocycles. The molecular formula is C10H12FKO. The average Bonchev–Trinajstić information content (AvgIpc) is 2.09. The van der Waals surface area contributed by atoms with E-state index in [2.05, 4.69) is 6.92 Å². The Morgan fingerprint density at radius 3 is 1.92 bits per heavy atom. The van der Waals surface area contributed by atoms with Gasteiger partial charge < -0.3 is 4.79 Å². The molecule has 0 bridgehead atoms. The molecule has 0 aliphatic heterocycles. The van der Waals surface area contributed by atoms with E-state index in [1.54, 1.807) is 0 Å². The Morgan fingerprint density at radius 1 is 1.23 bits per heavy atom. The first-order valence-corrected chi connectivity index (χ1v) is 3.82. The molecule has 1 rings (SSSR count). The monoisotopic (exact) mass is 206 g/mol. The molecule has 0 aliphatic rings. The van der Waals surface area contributed by atoms with Crippen molar-refractivity contribution in [3.05, 3.63) is 42.6 Å². The molecule has 0 fully saturated rings. The number of hydrogen-bond donors (Lipinski definition) is 0. The summed E-state index contributed by atoms with van der Waals surface area (Å²) in [6.07, 6.45) is 0. The Bertz CT molecular complexity index is 244. The van der Waals surface area contributed by atoms with E-state index < -0.39 is 0 Å². The molecule has 1 aromatic rings. The molecule has 0 aromatic heterocycles. The molecule has 0 amide bonds. The van der Waals surface area contributed by atoms with Gasteiger partial charge in [-0.05, 0) is 12.1 Å². The second-order valence-corrected chi connectivity index (χ2v) is 1.93. The van der Waals surface area contributed by atoms with Crippen LogP contribution in [0.5, 0.6) is 0 Å². The van der Waals surface area contributed by atoms with E-state index in [1.165, 1.54) is 24.3 Å². The van der Waals surface area contributed by atoms with Crippen molar-refractivity contribution in [2.24, 2.45) is 0 Å². The number of ketones is 1. The van der Waals surface area contributed by atoms with Crippen molar-refractivity contribution in [1.29, 1.82) is 0 Å². The zero-order valence-corrected chi connectivity index (χ0v) is 11.4. The Balaban J connectivity index is 0. The zero-order chi connectivity index (χ0) is 9.56. The van der Waals surface area contributed by atoms with Crippen LogP contribution in [0.4, 0.5) is 4.39 Å². The van der Waals surface area contributed by atoms with Gasteiger partial charge in [0.05, 0.1) is 0 Å². The number of benzene rings is 1. The van der Waals surface area contributed by atoms with Crippen molar-refractivity contribution < 1.29 is 60.6 Å². The first-order valence-electron chi connectivity index (χ1n) is 3.82. The van der Waals surface area contributed by atoms with Crippen molar-refractivity contribution in [3.8, 4) is 0 Å². The smallest absolute Gasteiger partial charge is 0.332 e. The molecule has 0 radical (unpaired) electrons. The third-order valence-electron chi connectivity index (χ3n) is 1.17. The minimum Gasteiger partial charge on any atom is -0.332 e. The number of Topliss-reactive ketones (excluding diaryl/α,β-unsaturated/α-hetero) is 1. The van der Waals surface area contributed by atoms with Crippen LogP contribution in [-0.2, 0) is 0 Å². The third-order valence-corrected chi connectivity index (χ3v) is 1.17. The van der Waals surface area contributed by atoms with Gasteiger partial charge in [0.1, 0.15) is 5.82 Å². The molecule has 13 heavy (non-hydrogen) atoms. The van der Waals surface area contributed by atoms with Gasteiger partial charge in [0.2, 0.25) is 0 Å². The van der Waals surface area contributed by atoms with Crippen LogP contribution >= 0.6 is 0 Å². The normalized spacial score (nSPS) is 7.62. The van der Waals surface area contributed by atoms with E-state index in [-0.39, 0.29) is 63.0 Å². The van der Waals surface area contributed by atoms with Crippen LogP contribution in [0.3, 0.4) is 0 Å². The van der Waals surface area contributed by atoms with Crippen molar-refractivity contribution >= 4 is 5.78 Å². The van der Waals surface area contributed by atoms with Crippen LogP contribution in [0.1, 0.15) is 24.2 Å². The fourth-order valence-electron chi connectivity index (χ4n) is 0.636. The Morgan fingerprint density at radius 2 is 1.62 bits per heavy atom. The summed E-state index contributed by atoms with van der Waals surface area (Å²) in [5, 5.41) is 0. The first-order chi connectivity index (χ1) is 5.70. The Kier molecular flexibility index (Phi) is 10.8. The summed E-state index contributed by atoms with van der Waals surface area (Å²) >= 11 is 0. The maximum atomic E-state index is 12.2. The molecule has 0 saturated carbocycles. The first kappa shape index (κ1) is 15.8. The molecule has 0 aliphatic carbocycles. The maximum Gasteiger partial charge on any atom is 1.00 e. The van der Waals surface area contributed by atoms with E-state index >= 15 is 0 Å². The van der Waals surface area contributed by atoms with E-state index in [1.807, 2.05) is 13.8 Å². The fraction of sp³-hybridized carbons (Fsp3) is 0.200. The van der Waals surface area contributed by atoms with Crippen LogP contribution < -0.4 is 51.4 Å². The molecule has 0 N–H and O–H groups in total. The third kappa shape index (κ3) is 6.40. The minimum atomic E-state index is -0.343. The standard InChI is InChI=1S/C8H6FO.C2H6.K/c1-6(10)7-2-4-8(9)5-3-7;1-2;/h2-5H,1H2;1-2H3;/q-1;;+1. The van der Waals surface area contributed by atoms with Crippen molar-refractivity contribution in [2.75, 3.05) is 0 Å². The summed E-state index contributed by atoms with van der Waals surface area (Å²) in [5.41, 5.74) is 0.432. The van der Waals surface area contributed by atoms with Crippen LogP contribution in [0.25, 0.3) is 0 Å². The summed E-state index contributed by atoms with van der Waals surface area (Å²) in [6, 6.07) is 5.28. The fourth-order valence-corrected chi connectivity index (χ4v) is 0.636. The van der Waals surface area contributed by atoms with Gasteiger partial charge in [-0.15, -0.1) is 17.7 Å². The van der Waals surface area contributed by atoms with Gasteiger partial charge in [0.25, 0.3) is 0 Å². The number of carbonyl (C=O) groups excluding carboxylic acids is 1.